The number of hydrogen-bond donors (Lipinski definition) is 1. The average Bonchev–Trinajstić information content (AvgIpc) is 3.65. The predicted octanol–water partition coefficient (Wildman–Crippen LogP) is 4.02. The first-order valence-electron chi connectivity index (χ1n) is 14.6. The molecule has 2 saturated carbocycles. The lowest BCUT2D eigenvalue weighted by molar-refractivity contribution is -0.147. The molecule has 6 heteroatoms. The summed E-state index contributed by atoms with van der Waals surface area (Å²) in [5.74, 6) is 0.783. The van der Waals surface area contributed by atoms with E-state index in [1.165, 1.54) is 19.3 Å². The van der Waals surface area contributed by atoms with E-state index in [1.807, 2.05) is 60.7 Å². The van der Waals surface area contributed by atoms with Crippen molar-refractivity contribution in [1.29, 1.82) is 0 Å². The number of esters is 1. The summed E-state index contributed by atoms with van der Waals surface area (Å²) in [6.45, 7) is 7.16. The van der Waals surface area contributed by atoms with E-state index in [4.69, 9.17) is 9.47 Å². The molecular formula is C32H40N2O4. The van der Waals surface area contributed by atoms with Crippen molar-refractivity contribution in [2.75, 3.05) is 39.3 Å². The van der Waals surface area contributed by atoms with Crippen LogP contribution in [0, 0.1) is 23.2 Å². The van der Waals surface area contributed by atoms with Crippen LogP contribution in [0.15, 0.2) is 60.7 Å². The molecule has 0 amide bonds. The molecule has 38 heavy (non-hydrogen) atoms. The number of rotatable bonds is 5. The zero-order chi connectivity index (χ0) is 26.0. The van der Waals surface area contributed by atoms with Crippen LogP contribution in [0.4, 0.5) is 0 Å². The first-order chi connectivity index (χ1) is 18.4. The Bertz CT molecular complexity index is 1120. The van der Waals surface area contributed by atoms with Gasteiger partial charge in [-0.3, -0.25) is 14.6 Å². The minimum Gasteiger partial charge on any atom is -0.462 e. The molecule has 5 fully saturated rings. The third-order valence-electron chi connectivity index (χ3n) is 10.7. The number of benzene rings is 2. The number of piperazine rings is 1. The Hall–Kier alpha value is -2.25. The normalized spacial score (nSPS) is 37.5. The molecule has 2 aromatic carbocycles. The summed E-state index contributed by atoms with van der Waals surface area (Å²) in [7, 11) is 0. The van der Waals surface area contributed by atoms with Crippen molar-refractivity contribution in [3.8, 4) is 0 Å². The molecule has 2 aliphatic carbocycles. The number of epoxide rings is 1. The van der Waals surface area contributed by atoms with E-state index in [0.29, 0.717) is 11.8 Å². The van der Waals surface area contributed by atoms with Crippen molar-refractivity contribution >= 4 is 5.97 Å². The number of carbonyl (C=O) groups excluding carboxylic acids is 1. The number of aliphatic hydroxyl groups is 1. The summed E-state index contributed by atoms with van der Waals surface area (Å²) in [5.41, 5.74) is 0.904. The largest absolute Gasteiger partial charge is 0.462 e. The topological polar surface area (TPSA) is 65.5 Å². The third kappa shape index (κ3) is 3.95. The monoisotopic (exact) mass is 516 g/mol. The fraction of sp³-hybridized carbons (Fsp3) is 0.594. The van der Waals surface area contributed by atoms with Crippen molar-refractivity contribution in [1.82, 2.24) is 9.80 Å². The highest BCUT2D eigenvalue weighted by atomic mass is 16.6. The summed E-state index contributed by atoms with van der Waals surface area (Å²) in [6.07, 6.45) is 5.73. The van der Waals surface area contributed by atoms with Crippen LogP contribution in [0.25, 0.3) is 0 Å². The fourth-order valence-electron chi connectivity index (χ4n) is 8.57. The Morgan fingerprint density at radius 2 is 1.61 bits per heavy atom. The lowest BCUT2D eigenvalue weighted by Crippen LogP contribution is -2.57. The van der Waals surface area contributed by atoms with Gasteiger partial charge in [0.1, 0.15) is 6.10 Å². The fourth-order valence-corrected chi connectivity index (χ4v) is 8.57. The zero-order valence-electron chi connectivity index (χ0n) is 22.4. The summed E-state index contributed by atoms with van der Waals surface area (Å²) in [4.78, 5) is 17.8. The highest BCUT2D eigenvalue weighted by Crippen LogP contribution is 2.62. The van der Waals surface area contributed by atoms with Crippen LogP contribution in [0.1, 0.15) is 50.2 Å². The Morgan fingerprint density at radius 3 is 2.21 bits per heavy atom. The number of nitrogens with zero attached hydrogens (tertiary/aromatic N) is 2. The van der Waals surface area contributed by atoms with Crippen LogP contribution in [0.3, 0.4) is 0 Å². The van der Waals surface area contributed by atoms with E-state index in [-0.39, 0.29) is 29.0 Å². The van der Waals surface area contributed by atoms with Crippen molar-refractivity contribution < 1.29 is 19.4 Å². The highest BCUT2D eigenvalue weighted by Gasteiger charge is 2.65. The molecule has 6 atom stereocenters. The van der Waals surface area contributed by atoms with Gasteiger partial charge in [0.15, 0.2) is 5.72 Å². The van der Waals surface area contributed by atoms with Crippen LogP contribution in [-0.4, -0.2) is 71.9 Å². The van der Waals surface area contributed by atoms with Crippen molar-refractivity contribution in [2.24, 2.45) is 23.2 Å². The van der Waals surface area contributed by atoms with Gasteiger partial charge in [0.2, 0.25) is 0 Å². The molecule has 0 unspecified atom stereocenters. The van der Waals surface area contributed by atoms with E-state index in [2.05, 4.69) is 16.7 Å². The maximum atomic E-state index is 13.2. The van der Waals surface area contributed by atoms with Gasteiger partial charge in [-0.2, -0.15) is 0 Å². The van der Waals surface area contributed by atoms with Crippen LogP contribution < -0.4 is 0 Å². The molecule has 0 bridgehead atoms. The van der Waals surface area contributed by atoms with Crippen LogP contribution >= 0.6 is 0 Å². The predicted molar refractivity (Wildman–Crippen MR) is 144 cm³/mol. The molecule has 3 aliphatic heterocycles. The smallest absolute Gasteiger partial charge is 0.310 e. The third-order valence-corrected chi connectivity index (χ3v) is 10.7. The van der Waals surface area contributed by atoms with Crippen molar-refractivity contribution in [3.05, 3.63) is 71.8 Å². The standard InChI is InChI=1S/C32H40N2O4/c1-30-13-8-14-31(22-37-31)28(30)19-25-26(29(35)38-27(25)20-30)21-33-15-17-34(18-16-33)32(36,23-9-4-2-5-10-23)24-11-6-3-7-12-24/h2-7,9-12,25-28,36H,8,13-22H2,1H3/t25-,26-,27-,28+,30-,31+/m1/s1. The molecule has 0 aromatic heterocycles. The Morgan fingerprint density at radius 1 is 0.974 bits per heavy atom. The molecular weight excluding hydrogens is 476 g/mol. The first-order valence-corrected chi connectivity index (χ1v) is 14.6. The van der Waals surface area contributed by atoms with E-state index in [9.17, 15) is 9.90 Å². The van der Waals surface area contributed by atoms with Crippen LogP contribution in [-0.2, 0) is 20.0 Å². The van der Waals surface area contributed by atoms with Crippen molar-refractivity contribution in [2.45, 2.75) is 56.5 Å². The second kappa shape index (κ2) is 9.16. The lowest BCUT2D eigenvalue weighted by atomic mass is 9.53. The number of fused-ring (bicyclic) bond motifs is 3. The lowest BCUT2D eigenvalue weighted by Gasteiger charge is -2.51. The summed E-state index contributed by atoms with van der Waals surface area (Å²) in [6, 6.07) is 19.9. The van der Waals surface area contributed by atoms with Crippen molar-refractivity contribution in [3.63, 3.8) is 0 Å². The van der Waals surface area contributed by atoms with Crippen LogP contribution in [0.2, 0.25) is 0 Å². The van der Waals surface area contributed by atoms with Gasteiger partial charge in [-0.05, 0) is 43.4 Å². The maximum absolute atomic E-state index is 13.2. The second-order valence-corrected chi connectivity index (χ2v) is 12.8. The minimum absolute atomic E-state index is 0.000480. The number of ether oxygens (including phenoxy) is 2. The highest BCUT2D eigenvalue weighted by molar-refractivity contribution is 5.75. The average molecular weight is 517 g/mol. The van der Waals surface area contributed by atoms with Gasteiger partial charge in [-0.15, -0.1) is 0 Å². The SMILES string of the molecule is C[C@]12CCC[C@]3(CO3)[C@H]1C[C@H]1[C@@H](C2)OC(=O)[C@@H]1CN1CCN(C(O)(c2ccccc2)c2ccccc2)CC1. The van der Waals surface area contributed by atoms with Gasteiger partial charge in [-0.25, -0.2) is 0 Å². The summed E-state index contributed by atoms with van der Waals surface area (Å²) < 4.78 is 12.1. The number of hydrogen-bond acceptors (Lipinski definition) is 6. The minimum atomic E-state index is -1.18. The van der Waals surface area contributed by atoms with Gasteiger partial charge in [0.05, 0.1) is 18.1 Å². The molecule has 3 heterocycles. The molecule has 2 aromatic rings. The van der Waals surface area contributed by atoms with Gasteiger partial charge < -0.3 is 14.6 Å². The first kappa shape index (κ1) is 24.8. The zero-order valence-corrected chi connectivity index (χ0v) is 22.4. The Balaban J connectivity index is 1.05. The van der Waals surface area contributed by atoms with E-state index in [0.717, 1.165) is 63.3 Å². The molecule has 7 rings (SSSR count). The van der Waals surface area contributed by atoms with E-state index >= 15 is 0 Å². The quantitative estimate of drug-likeness (QED) is 0.478. The molecule has 6 nitrogen and oxygen atoms in total. The van der Waals surface area contributed by atoms with Gasteiger partial charge in [0.25, 0.3) is 0 Å². The number of carbonyl (C=O) groups is 1. The molecule has 0 radical (unpaired) electrons. The molecule has 202 valence electrons. The Labute approximate surface area is 225 Å². The van der Waals surface area contributed by atoms with E-state index < -0.39 is 5.72 Å². The second-order valence-electron chi connectivity index (χ2n) is 12.8. The van der Waals surface area contributed by atoms with Gasteiger partial charge >= 0.3 is 5.97 Å². The van der Waals surface area contributed by atoms with Crippen LogP contribution in [0.5, 0.6) is 0 Å². The van der Waals surface area contributed by atoms with E-state index in [1.54, 1.807) is 0 Å². The Kier molecular flexibility index (Phi) is 5.97. The van der Waals surface area contributed by atoms with Gasteiger partial charge in [-0.1, -0.05) is 67.6 Å². The maximum Gasteiger partial charge on any atom is 0.310 e. The molecule has 1 spiro atoms. The van der Waals surface area contributed by atoms with Gasteiger partial charge in [0, 0.05) is 49.8 Å². The molecule has 1 N–H and O–H groups in total. The summed E-state index contributed by atoms with van der Waals surface area (Å²) in [5, 5.41) is 12.2. The molecule has 5 aliphatic rings. The summed E-state index contributed by atoms with van der Waals surface area (Å²) >= 11 is 0. The molecule has 3 saturated heterocycles.